The molecule has 0 bridgehead atoms. The van der Waals surface area contributed by atoms with Crippen molar-refractivity contribution in [3.05, 3.63) is 70.2 Å². The lowest BCUT2D eigenvalue weighted by Crippen LogP contribution is -2.43. The third kappa shape index (κ3) is 3.99. The fourth-order valence-electron chi connectivity index (χ4n) is 2.83. The largest absolute Gasteiger partial charge is 0.340 e. The van der Waals surface area contributed by atoms with E-state index >= 15 is 0 Å². The molecule has 1 saturated heterocycles. The molecule has 0 saturated carbocycles. The van der Waals surface area contributed by atoms with E-state index in [0.717, 1.165) is 16.5 Å². The normalized spacial score (nSPS) is 20.4. The van der Waals surface area contributed by atoms with Gasteiger partial charge in [-0.25, -0.2) is 10.9 Å². The molecule has 5 heteroatoms. The number of hydrazine groups is 1. The highest BCUT2D eigenvalue weighted by atomic mass is 79.9. The summed E-state index contributed by atoms with van der Waals surface area (Å²) in [5.41, 5.74) is 8.68. The summed E-state index contributed by atoms with van der Waals surface area (Å²) in [5.74, 6) is 0.110. The van der Waals surface area contributed by atoms with Gasteiger partial charge in [0.25, 0.3) is 0 Å². The maximum absolute atomic E-state index is 12.6. The van der Waals surface area contributed by atoms with Crippen LogP contribution in [0.4, 0.5) is 0 Å². The van der Waals surface area contributed by atoms with Crippen LogP contribution in [0.5, 0.6) is 0 Å². The number of rotatable bonds is 4. The summed E-state index contributed by atoms with van der Waals surface area (Å²) in [7, 11) is 1.85. The number of likely N-dealkylation sites (N-methyl/N-ethyl adjacent to an activating group) is 1. The highest BCUT2D eigenvalue weighted by molar-refractivity contribution is 9.10. The molecule has 1 aliphatic heterocycles. The van der Waals surface area contributed by atoms with Crippen LogP contribution in [0.3, 0.4) is 0 Å². The first-order chi connectivity index (χ1) is 11.1. The highest BCUT2D eigenvalue weighted by Gasteiger charge is 2.31. The fraction of sp³-hybridized carbons (Fsp3) is 0.278. The molecule has 23 heavy (non-hydrogen) atoms. The average Bonchev–Trinajstić information content (AvgIpc) is 3.07. The average molecular weight is 374 g/mol. The maximum Gasteiger partial charge on any atom is 0.241 e. The van der Waals surface area contributed by atoms with Gasteiger partial charge in [0.15, 0.2) is 0 Å². The Morgan fingerprint density at radius 3 is 2.52 bits per heavy atom. The van der Waals surface area contributed by atoms with Crippen LogP contribution in [-0.2, 0) is 11.3 Å². The van der Waals surface area contributed by atoms with Crippen molar-refractivity contribution in [2.75, 3.05) is 7.05 Å². The van der Waals surface area contributed by atoms with E-state index in [1.165, 1.54) is 5.56 Å². The molecule has 0 aromatic heterocycles. The number of carbonyl (C=O) groups is 1. The monoisotopic (exact) mass is 373 g/mol. The Bertz CT molecular complexity index is 660. The first-order valence-electron chi connectivity index (χ1n) is 7.69. The maximum atomic E-state index is 12.6. The first kappa shape index (κ1) is 16.2. The summed E-state index contributed by atoms with van der Waals surface area (Å²) in [6.07, 6.45) is 0.757. The third-order valence-corrected chi connectivity index (χ3v) is 4.64. The second-order valence-electron chi connectivity index (χ2n) is 5.86. The smallest absolute Gasteiger partial charge is 0.241 e. The summed E-state index contributed by atoms with van der Waals surface area (Å²) in [6, 6.07) is 18.2. The fourth-order valence-corrected chi connectivity index (χ4v) is 3.09. The lowest BCUT2D eigenvalue weighted by molar-refractivity contribution is -0.132. The van der Waals surface area contributed by atoms with Gasteiger partial charge in [-0.2, -0.15) is 0 Å². The lowest BCUT2D eigenvalue weighted by atomic mass is 10.0. The standard InChI is InChI=1S/C18H20BrN3O/c1-22(12-13-7-9-15(19)10-8-13)18(23)17-11-16(20-21-17)14-5-3-2-4-6-14/h2-10,16-17,20-21H,11-12H2,1H3. The van der Waals surface area contributed by atoms with Gasteiger partial charge in [0.05, 0.1) is 0 Å². The minimum Gasteiger partial charge on any atom is -0.340 e. The number of nitrogens with zero attached hydrogens (tertiary/aromatic N) is 1. The van der Waals surface area contributed by atoms with Crippen LogP contribution in [-0.4, -0.2) is 23.9 Å². The van der Waals surface area contributed by atoms with Gasteiger partial charge in [-0.3, -0.25) is 4.79 Å². The van der Waals surface area contributed by atoms with Crippen molar-refractivity contribution in [3.8, 4) is 0 Å². The van der Waals surface area contributed by atoms with Gasteiger partial charge in [0, 0.05) is 24.1 Å². The highest BCUT2D eigenvalue weighted by Crippen LogP contribution is 2.23. The molecule has 120 valence electrons. The van der Waals surface area contributed by atoms with Crippen LogP contribution < -0.4 is 10.9 Å². The topological polar surface area (TPSA) is 44.4 Å². The molecular weight excluding hydrogens is 354 g/mol. The molecule has 2 N–H and O–H groups in total. The summed E-state index contributed by atoms with van der Waals surface area (Å²) in [5, 5.41) is 0. The molecule has 3 rings (SSSR count). The van der Waals surface area contributed by atoms with Gasteiger partial charge < -0.3 is 4.90 Å². The van der Waals surface area contributed by atoms with Crippen LogP contribution in [0.1, 0.15) is 23.6 Å². The zero-order valence-electron chi connectivity index (χ0n) is 13.0. The second-order valence-corrected chi connectivity index (χ2v) is 6.78. The van der Waals surface area contributed by atoms with Crippen LogP contribution >= 0.6 is 15.9 Å². The minimum atomic E-state index is -0.194. The molecule has 1 aliphatic rings. The van der Waals surface area contributed by atoms with Gasteiger partial charge in [-0.1, -0.05) is 58.4 Å². The van der Waals surface area contributed by atoms with E-state index in [1.54, 1.807) is 4.90 Å². The predicted octanol–water partition coefficient (Wildman–Crippen LogP) is 3.02. The summed E-state index contributed by atoms with van der Waals surface area (Å²) in [4.78, 5) is 14.4. The molecule has 1 fully saturated rings. The van der Waals surface area contributed by atoms with Crippen LogP contribution in [0.15, 0.2) is 59.1 Å². The number of amides is 1. The predicted molar refractivity (Wildman–Crippen MR) is 94.5 cm³/mol. The van der Waals surface area contributed by atoms with Gasteiger partial charge in [-0.15, -0.1) is 0 Å². The SMILES string of the molecule is CN(Cc1ccc(Br)cc1)C(=O)C1CC(c2ccccc2)NN1. The van der Waals surface area contributed by atoms with E-state index in [0.29, 0.717) is 6.54 Å². The van der Waals surface area contributed by atoms with Crippen molar-refractivity contribution in [2.45, 2.75) is 25.0 Å². The summed E-state index contributed by atoms with van der Waals surface area (Å²) < 4.78 is 1.04. The van der Waals surface area contributed by atoms with Gasteiger partial charge in [0.2, 0.25) is 5.91 Å². The van der Waals surface area contributed by atoms with Crippen molar-refractivity contribution in [1.82, 2.24) is 15.8 Å². The molecule has 2 aromatic carbocycles. The third-order valence-electron chi connectivity index (χ3n) is 4.11. The van der Waals surface area contributed by atoms with Crippen LogP contribution in [0.25, 0.3) is 0 Å². The molecule has 1 heterocycles. The number of carbonyl (C=O) groups excluding carboxylic acids is 1. The Balaban J connectivity index is 1.59. The number of nitrogens with one attached hydrogen (secondary N) is 2. The van der Waals surface area contributed by atoms with E-state index < -0.39 is 0 Å². The number of benzene rings is 2. The molecule has 0 aliphatic carbocycles. The van der Waals surface area contributed by atoms with Gasteiger partial charge >= 0.3 is 0 Å². The van der Waals surface area contributed by atoms with E-state index in [9.17, 15) is 4.79 Å². The van der Waals surface area contributed by atoms with Crippen molar-refractivity contribution in [3.63, 3.8) is 0 Å². The summed E-state index contributed by atoms with van der Waals surface area (Å²) in [6.45, 7) is 0.611. The first-order valence-corrected chi connectivity index (χ1v) is 8.48. The molecule has 2 atom stereocenters. The lowest BCUT2D eigenvalue weighted by Gasteiger charge is -2.21. The number of hydrogen-bond donors (Lipinski definition) is 2. The molecule has 2 aromatic rings. The van der Waals surface area contributed by atoms with Crippen molar-refractivity contribution < 1.29 is 4.79 Å². The molecule has 0 radical (unpaired) electrons. The van der Waals surface area contributed by atoms with Gasteiger partial charge in [0.1, 0.15) is 6.04 Å². The molecular formula is C18H20BrN3O. The van der Waals surface area contributed by atoms with Crippen molar-refractivity contribution in [2.24, 2.45) is 0 Å². The van der Waals surface area contributed by atoms with Gasteiger partial charge in [-0.05, 0) is 29.7 Å². The Morgan fingerprint density at radius 1 is 1.13 bits per heavy atom. The van der Waals surface area contributed by atoms with E-state index in [2.05, 4.69) is 38.9 Å². The van der Waals surface area contributed by atoms with E-state index in [4.69, 9.17) is 0 Å². The van der Waals surface area contributed by atoms with Crippen LogP contribution in [0, 0.1) is 0 Å². The summed E-state index contributed by atoms with van der Waals surface area (Å²) >= 11 is 3.42. The zero-order chi connectivity index (χ0) is 16.2. The zero-order valence-corrected chi connectivity index (χ0v) is 14.6. The Hall–Kier alpha value is -1.69. The second kappa shape index (κ2) is 7.25. The van der Waals surface area contributed by atoms with Crippen molar-refractivity contribution >= 4 is 21.8 Å². The molecule has 0 spiro atoms. The van der Waals surface area contributed by atoms with Crippen molar-refractivity contribution in [1.29, 1.82) is 0 Å². The Labute approximate surface area is 145 Å². The number of halogens is 1. The van der Waals surface area contributed by atoms with E-state index in [-0.39, 0.29) is 18.0 Å². The molecule has 4 nitrogen and oxygen atoms in total. The Kier molecular flexibility index (Phi) is 5.10. The molecule has 2 unspecified atom stereocenters. The quantitative estimate of drug-likeness (QED) is 0.865. The minimum absolute atomic E-state index is 0.110. The molecule has 1 amide bonds. The Morgan fingerprint density at radius 2 is 1.83 bits per heavy atom. The number of hydrogen-bond acceptors (Lipinski definition) is 3. The van der Waals surface area contributed by atoms with E-state index in [1.807, 2.05) is 49.5 Å². The van der Waals surface area contributed by atoms with Crippen LogP contribution in [0.2, 0.25) is 0 Å².